The minimum Gasteiger partial charge on any atom is -0.424 e. The number of hydrogen-bond acceptors (Lipinski definition) is 8. The molecule has 34 heavy (non-hydrogen) atoms. The summed E-state index contributed by atoms with van der Waals surface area (Å²) in [5, 5.41) is 12.9. The number of ether oxygens (including phenoxy) is 1. The highest BCUT2D eigenvalue weighted by molar-refractivity contribution is 5.39. The number of nitrogens with zero attached hydrogens (tertiary/aromatic N) is 6. The number of nitrogens with two attached hydrogens (primary N) is 1. The molecular formula is C22H26F3N7O2. The van der Waals surface area contributed by atoms with Gasteiger partial charge in [-0.25, -0.2) is 4.68 Å². The summed E-state index contributed by atoms with van der Waals surface area (Å²) in [6.45, 7) is 6.13. The van der Waals surface area contributed by atoms with E-state index < -0.39 is 11.7 Å². The zero-order valence-electron chi connectivity index (χ0n) is 19.0. The van der Waals surface area contributed by atoms with Crippen molar-refractivity contribution >= 4 is 5.95 Å². The summed E-state index contributed by atoms with van der Waals surface area (Å²) in [6, 6.07) is 4.37. The minimum absolute atomic E-state index is 0.00136. The normalized spacial score (nSPS) is 24.8. The van der Waals surface area contributed by atoms with Crippen molar-refractivity contribution in [2.45, 2.75) is 57.9 Å². The Kier molecular flexibility index (Phi) is 5.50. The van der Waals surface area contributed by atoms with Crippen LogP contribution in [0.5, 0.6) is 11.8 Å². The molecule has 3 heterocycles. The number of halogens is 3. The zero-order valence-corrected chi connectivity index (χ0v) is 19.0. The van der Waals surface area contributed by atoms with Crippen LogP contribution in [-0.4, -0.2) is 37.5 Å². The van der Waals surface area contributed by atoms with Crippen LogP contribution in [0.1, 0.15) is 56.1 Å². The fourth-order valence-electron chi connectivity index (χ4n) is 4.94. The molecule has 4 atom stereocenters. The Morgan fingerprint density at radius 1 is 1.21 bits per heavy atom. The highest BCUT2D eigenvalue weighted by Crippen LogP contribution is 2.48. The Bertz CT molecular complexity index is 1180. The third-order valence-electron chi connectivity index (χ3n) is 6.58. The molecule has 1 saturated carbocycles. The maximum atomic E-state index is 13.2. The Morgan fingerprint density at radius 2 is 2.00 bits per heavy atom. The lowest BCUT2D eigenvalue weighted by Gasteiger charge is -2.41. The van der Waals surface area contributed by atoms with Gasteiger partial charge in [-0.15, -0.1) is 15.3 Å². The summed E-state index contributed by atoms with van der Waals surface area (Å²) in [7, 11) is 0. The smallest absolute Gasteiger partial charge is 0.416 e. The van der Waals surface area contributed by atoms with Crippen molar-refractivity contribution in [1.82, 2.24) is 25.0 Å². The van der Waals surface area contributed by atoms with Crippen molar-refractivity contribution in [2.75, 3.05) is 11.4 Å². The molecule has 2 bridgehead atoms. The van der Waals surface area contributed by atoms with E-state index in [2.05, 4.69) is 20.3 Å². The largest absolute Gasteiger partial charge is 0.424 e. The summed E-state index contributed by atoms with van der Waals surface area (Å²) >= 11 is 0. The zero-order chi connectivity index (χ0) is 24.2. The molecule has 2 fully saturated rings. The van der Waals surface area contributed by atoms with Gasteiger partial charge in [0.25, 0.3) is 0 Å². The molecule has 1 aromatic carbocycles. The first kappa shape index (κ1) is 22.6. The van der Waals surface area contributed by atoms with Crippen molar-refractivity contribution in [3.63, 3.8) is 0 Å². The predicted molar refractivity (Wildman–Crippen MR) is 115 cm³/mol. The minimum atomic E-state index is -4.47. The first-order valence-electron chi connectivity index (χ1n) is 11.3. The molecule has 3 aromatic rings. The van der Waals surface area contributed by atoms with Crippen molar-refractivity contribution in [3.05, 3.63) is 41.6 Å². The van der Waals surface area contributed by atoms with Crippen molar-refractivity contribution in [3.8, 4) is 11.8 Å². The van der Waals surface area contributed by atoms with Crippen LogP contribution in [-0.2, 0) is 6.18 Å². The molecule has 182 valence electrons. The van der Waals surface area contributed by atoms with Gasteiger partial charge < -0.3 is 19.8 Å². The molecule has 12 heteroatoms. The predicted octanol–water partition coefficient (Wildman–Crippen LogP) is 4.28. The standard InChI is InChI=1S/C22H26F3N7O2/c1-11(2)32-21(34-15-6-4-5-14(9-15)22(23,24)25)27-20(30-32)31-10-13-7-8-16(17(13)26)18(31)19-29-28-12(3)33-19/h4-6,9,11,13,16-18H,7-8,10,26H2,1-3H3. The highest BCUT2D eigenvalue weighted by atomic mass is 19.4. The van der Waals surface area contributed by atoms with E-state index in [0.717, 1.165) is 25.0 Å². The Hall–Kier alpha value is -3.15. The highest BCUT2D eigenvalue weighted by Gasteiger charge is 2.50. The van der Waals surface area contributed by atoms with Gasteiger partial charge in [0.1, 0.15) is 11.8 Å². The van der Waals surface area contributed by atoms with Crippen LogP contribution in [0.15, 0.2) is 28.7 Å². The molecule has 0 spiro atoms. The van der Waals surface area contributed by atoms with E-state index in [0.29, 0.717) is 24.3 Å². The summed E-state index contributed by atoms with van der Waals surface area (Å²) < 4.78 is 52.6. The molecule has 4 unspecified atom stereocenters. The van der Waals surface area contributed by atoms with Gasteiger partial charge in [-0.1, -0.05) is 6.07 Å². The third-order valence-corrected chi connectivity index (χ3v) is 6.58. The average Bonchev–Trinajstić information content (AvgIpc) is 3.44. The average molecular weight is 477 g/mol. The summed E-state index contributed by atoms with van der Waals surface area (Å²) in [4.78, 5) is 6.60. The first-order valence-corrected chi connectivity index (χ1v) is 11.3. The number of anilines is 1. The van der Waals surface area contributed by atoms with E-state index in [-0.39, 0.29) is 41.7 Å². The number of benzene rings is 1. The van der Waals surface area contributed by atoms with Crippen LogP contribution in [0.3, 0.4) is 0 Å². The van der Waals surface area contributed by atoms with Gasteiger partial charge >= 0.3 is 12.2 Å². The lowest BCUT2D eigenvalue weighted by molar-refractivity contribution is -0.137. The lowest BCUT2D eigenvalue weighted by atomic mass is 9.86. The molecule has 5 rings (SSSR count). The van der Waals surface area contributed by atoms with Crippen molar-refractivity contribution in [1.29, 1.82) is 0 Å². The number of fused-ring (bicyclic) bond motifs is 2. The Morgan fingerprint density at radius 3 is 2.68 bits per heavy atom. The quantitative estimate of drug-likeness (QED) is 0.580. The molecule has 1 saturated heterocycles. The second-order valence-electron chi connectivity index (χ2n) is 9.20. The van der Waals surface area contributed by atoms with Crippen LogP contribution in [0, 0.1) is 18.8 Å². The Balaban J connectivity index is 1.51. The molecule has 2 aromatic heterocycles. The van der Waals surface area contributed by atoms with Crippen LogP contribution in [0.2, 0.25) is 0 Å². The van der Waals surface area contributed by atoms with Crippen molar-refractivity contribution in [2.24, 2.45) is 17.6 Å². The molecular weight excluding hydrogens is 451 g/mol. The van der Waals surface area contributed by atoms with Gasteiger partial charge in [0.05, 0.1) is 11.6 Å². The molecule has 1 aliphatic heterocycles. The number of aromatic nitrogens is 5. The van der Waals surface area contributed by atoms with E-state index in [1.807, 2.05) is 18.7 Å². The molecule has 0 amide bonds. The van der Waals surface area contributed by atoms with Gasteiger partial charge in [-0.2, -0.15) is 18.2 Å². The number of aryl methyl sites for hydroxylation is 1. The molecule has 1 aliphatic carbocycles. The maximum Gasteiger partial charge on any atom is 0.416 e. The van der Waals surface area contributed by atoms with Gasteiger partial charge in [0.15, 0.2) is 0 Å². The van der Waals surface area contributed by atoms with E-state index >= 15 is 0 Å². The SMILES string of the molecule is Cc1nnc(C2C3CCC(CN2c2nc(Oc4cccc(C(F)(F)F)c4)n(C(C)C)n2)C3N)o1. The summed E-state index contributed by atoms with van der Waals surface area (Å²) in [5.74, 6) is 1.69. The molecule has 9 nitrogen and oxygen atoms in total. The maximum absolute atomic E-state index is 13.2. The fraction of sp³-hybridized carbons (Fsp3) is 0.545. The van der Waals surface area contributed by atoms with E-state index in [9.17, 15) is 13.2 Å². The number of rotatable bonds is 5. The number of hydrogen-bond donors (Lipinski definition) is 1. The van der Waals surface area contributed by atoms with E-state index in [1.165, 1.54) is 12.1 Å². The van der Waals surface area contributed by atoms with Crippen LogP contribution in [0.25, 0.3) is 0 Å². The number of piperidine rings is 1. The second kappa shape index (κ2) is 8.26. The lowest BCUT2D eigenvalue weighted by Crippen LogP contribution is -2.51. The van der Waals surface area contributed by atoms with Gasteiger partial charge in [-0.3, -0.25) is 0 Å². The van der Waals surface area contributed by atoms with Gasteiger partial charge in [-0.05, 0) is 50.8 Å². The molecule has 2 N–H and O–H groups in total. The monoisotopic (exact) mass is 477 g/mol. The third kappa shape index (κ3) is 3.99. The number of alkyl halides is 3. The van der Waals surface area contributed by atoms with Gasteiger partial charge in [0, 0.05) is 25.4 Å². The Labute approximate surface area is 194 Å². The molecule has 2 aliphatic rings. The van der Waals surface area contributed by atoms with Crippen molar-refractivity contribution < 1.29 is 22.3 Å². The van der Waals surface area contributed by atoms with Crippen LogP contribution in [0.4, 0.5) is 19.1 Å². The van der Waals surface area contributed by atoms with Crippen LogP contribution < -0.4 is 15.4 Å². The topological polar surface area (TPSA) is 108 Å². The first-order chi connectivity index (χ1) is 16.1. The van der Waals surface area contributed by atoms with Gasteiger partial charge in [0.2, 0.25) is 17.7 Å². The fourth-order valence-corrected chi connectivity index (χ4v) is 4.94. The summed E-state index contributed by atoms with van der Waals surface area (Å²) in [6.07, 6.45) is -2.57. The van der Waals surface area contributed by atoms with E-state index in [4.69, 9.17) is 14.9 Å². The van der Waals surface area contributed by atoms with E-state index in [1.54, 1.807) is 11.6 Å². The van der Waals surface area contributed by atoms with Crippen LogP contribution >= 0.6 is 0 Å². The second-order valence-corrected chi connectivity index (χ2v) is 9.20. The summed E-state index contributed by atoms with van der Waals surface area (Å²) in [5.41, 5.74) is 5.72. The molecule has 0 radical (unpaired) electrons.